The average Bonchev–Trinajstić information content (AvgIpc) is 2.96. The lowest BCUT2D eigenvalue weighted by Crippen LogP contribution is -2.36. The van der Waals surface area contributed by atoms with E-state index in [0.717, 1.165) is 12.8 Å². The van der Waals surface area contributed by atoms with E-state index in [0.29, 0.717) is 31.2 Å². The summed E-state index contributed by atoms with van der Waals surface area (Å²) >= 11 is 0. The summed E-state index contributed by atoms with van der Waals surface area (Å²) in [5, 5.41) is 13.5. The number of carbonyl (C=O) groups is 1. The zero-order valence-electron chi connectivity index (χ0n) is 11.2. The second kappa shape index (κ2) is 6.12. The average molecular weight is 269 g/mol. The van der Waals surface area contributed by atoms with Gasteiger partial charge in [0.25, 0.3) is 0 Å². The van der Waals surface area contributed by atoms with Gasteiger partial charge in [0.05, 0.1) is 19.8 Å². The number of nitrogens with zero attached hydrogens (tertiary/aromatic N) is 3. The van der Waals surface area contributed by atoms with E-state index in [1.807, 2.05) is 6.92 Å². The third-order valence-electron chi connectivity index (χ3n) is 3.18. The maximum absolute atomic E-state index is 11.6. The predicted molar refractivity (Wildman–Crippen MR) is 65.1 cm³/mol. The molecule has 0 aromatic carbocycles. The first kappa shape index (κ1) is 14.0. The normalized spacial score (nSPS) is 23.7. The lowest BCUT2D eigenvalue weighted by atomic mass is 10.2. The van der Waals surface area contributed by atoms with Gasteiger partial charge in [-0.3, -0.25) is 9.69 Å². The molecule has 0 bridgehead atoms. The molecule has 2 unspecified atom stereocenters. The molecule has 1 aromatic heterocycles. The molecule has 0 radical (unpaired) electrons. The van der Waals surface area contributed by atoms with E-state index in [4.69, 9.17) is 9.26 Å². The Balaban J connectivity index is 2.01. The van der Waals surface area contributed by atoms with E-state index >= 15 is 0 Å². The minimum absolute atomic E-state index is 0.343. The van der Waals surface area contributed by atoms with Crippen molar-refractivity contribution >= 4 is 5.97 Å². The Labute approximate surface area is 111 Å². The summed E-state index contributed by atoms with van der Waals surface area (Å²) in [4.78, 5) is 17.7. The van der Waals surface area contributed by atoms with E-state index in [2.05, 4.69) is 10.1 Å². The summed E-state index contributed by atoms with van der Waals surface area (Å²) in [5.41, 5.74) is 0. The van der Waals surface area contributed by atoms with Crippen LogP contribution in [-0.4, -0.2) is 51.9 Å². The Bertz CT molecular complexity index is 434. The van der Waals surface area contributed by atoms with Crippen molar-refractivity contribution in [3.8, 4) is 0 Å². The molecule has 0 amide bonds. The van der Waals surface area contributed by atoms with E-state index in [1.165, 1.54) is 7.11 Å². The first-order valence-corrected chi connectivity index (χ1v) is 6.45. The molecule has 1 N–H and O–H groups in total. The van der Waals surface area contributed by atoms with Gasteiger partial charge < -0.3 is 14.4 Å². The zero-order valence-corrected chi connectivity index (χ0v) is 11.2. The molecular weight excluding hydrogens is 250 g/mol. The van der Waals surface area contributed by atoms with Crippen LogP contribution in [0.1, 0.15) is 31.5 Å². The number of β-amino-alcohol motifs (C(OH)–C–C–N with tert-alkyl or cyclic N) is 1. The van der Waals surface area contributed by atoms with Crippen LogP contribution in [0, 0.1) is 0 Å². The highest BCUT2D eigenvalue weighted by atomic mass is 16.5. The minimum atomic E-state index is -0.526. The lowest BCUT2D eigenvalue weighted by molar-refractivity contribution is -0.146. The molecule has 0 spiro atoms. The van der Waals surface area contributed by atoms with Crippen molar-refractivity contribution in [2.75, 3.05) is 13.7 Å². The highest BCUT2D eigenvalue weighted by Gasteiger charge is 2.37. The smallest absolute Gasteiger partial charge is 0.323 e. The van der Waals surface area contributed by atoms with Gasteiger partial charge in [0.2, 0.25) is 5.89 Å². The molecule has 2 atom stereocenters. The van der Waals surface area contributed by atoms with Crippen molar-refractivity contribution in [2.24, 2.45) is 0 Å². The number of aryl methyl sites for hydroxylation is 1. The number of ether oxygens (including phenoxy) is 1. The molecule has 1 aliphatic rings. The van der Waals surface area contributed by atoms with Crippen LogP contribution in [0.25, 0.3) is 0 Å². The number of likely N-dealkylation sites (tertiary alicyclic amines) is 1. The Morgan fingerprint density at radius 2 is 2.42 bits per heavy atom. The van der Waals surface area contributed by atoms with Crippen LogP contribution in [0.2, 0.25) is 0 Å². The zero-order chi connectivity index (χ0) is 13.8. The Kier molecular flexibility index (Phi) is 4.49. The SMILES string of the molecule is CCCc1noc(CN2CC(O)CC2C(=O)OC)n1. The van der Waals surface area contributed by atoms with Gasteiger partial charge in [0.15, 0.2) is 5.82 Å². The van der Waals surface area contributed by atoms with E-state index in [9.17, 15) is 9.90 Å². The fraction of sp³-hybridized carbons (Fsp3) is 0.750. The second-order valence-electron chi connectivity index (χ2n) is 4.71. The number of esters is 1. The molecule has 2 rings (SSSR count). The first-order chi connectivity index (χ1) is 9.13. The van der Waals surface area contributed by atoms with Gasteiger partial charge >= 0.3 is 5.97 Å². The molecule has 19 heavy (non-hydrogen) atoms. The van der Waals surface area contributed by atoms with Crippen LogP contribution < -0.4 is 0 Å². The molecule has 7 heteroatoms. The number of carbonyl (C=O) groups excluding carboxylic acids is 1. The van der Waals surface area contributed by atoms with Crippen molar-refractivity contribution in [1.82, 2.24) is 15.0 Å². The number of aliphatic hydroxyl groups excluding tert-OH is 1. The van der Waals surface area contributed by atoms with Crippen LogP contribution in [0.15, 0.2) is 4.52 Å². The number of methoxy groups -OCH3 is 1. The molecule has 0 aliphatic carbocycles. The van der Waals surface area contributed by atoms with Crippen molar-refractivity contribution in [2.45, 2.75) is 44.9 Å². The minimum Gasteiger partial charge on any atom is -0.468 e. The van der Waals surface area contributed by atoms with Gasteiger partial charge in [-0.15, -0.1) is 0 Å². The predicted octanol–water partition coefficient (Wildman–Crippen LogP) is 0.130. The van der Waals surface area contributed by atoms with Crippen LogP contribution >= 0.6 is 0 Å². The molecule has 1 aliphatic heterocycles. The standard InChI is InChI=1S/C12H19N3O4/c1-3-4-10-13-11(19-14-10)7-15-6-8(16)5-9(15)12(17)18-2/h8-9,16H,3-7H2,1-2H3. The van der Waals surface area contributed by atoms with Crippen LogP contribution in [0.4, 0.5) is 0 Å². The van der Waals surface area contributed by atoms with Crippen LogP contribution in [-0.2, 0) is 22.5 Å². The molecule has 1 aromatic rings. The molecule has 1 saturated heterocycles. The van der Waals surface area contributed by atoms with Crippen LogP contribution in [0.3, 0.4) is 0 Å². The quantitative estimate of drug-likeness (QED) is 0.760. The van der Waals surface area contributed by atoms with Gasteiger partial charge in [-0.25, -0.2) is 0 Å². The summed E-state index contributed by atoms with van der Waals surface area (Å²) in [6.45, 7) is 2.80. The monoisotopic (exact) mass is 269 g/mol. The van der Waals surface area contributed by atoms with Crippen molar-refractivity contribution in [3.63, 3.8) is 0 Å². The highest BCUT2D eigenvalue weighted by molar-refractivity contribution is 5.76. The molecular formula is C12H19N3O4. The van der Waals surface area contributed by atoms with Gasteiger partial charge in [0, 0.05) is 19.4 Å². The summed E-state index contributed by atoms with van der Waals surface area (Å²) in [6.07, 6.45) is 1.57. The number of hydrogen-bond acceptors (Lipinski definition) is 7. The van der Waals surface area contributed by atoms with Crippen molar-refractivity contribution in [3.05, 3.63) is 11.7 Å². The van der Waals surface area contributed by atoms with E-state index in [-0.39, 0.29) is 5.97 Å². The van der Waals surface area contributed by atoms with E-state index in [1.54, 1.807) is 4.90 Å². The largest absolute Gasteiger partial charge is 0.468 e. The molecule has 7 nitrogen and oxygen atoms in total. The van der Waals surface area contributed by atoms with Gasteiger partial charge in [-0.1, -0.05) is 12.1 Å². The number of hydrogen-bond donors (Lipinski definition) is 1. The fourth-order valence-electron chi connectivity index (χ4n) is 2.29. The summed E-state index contributed by atoms with van der Waals surface area (Å²) in [6, 6.07) is -0.443. The molecule has 106 valence electrons. The van der Waals surface area contributed by atoms with Crippen LogP contribution in [0.5, 0.6) is 0 Å². The van der Waals surface area contributed by atoms with Crippen molar-refractivity contribution in [1.29, 1.82) is 0 Å². The summed E-state index contributed by atoms with van der Waals surface area (Å²) in [7, 11) is 1.34. The van der Waals surface area contributed by atoms with Gasteiger partial charge in [0.1, 0.15) is 6.04 Å². The topological polar surface area (TPSA) is 88.7 Å². The Hall–Kier alpha value is -1.47. The number of rotatable bonds is 5. The van der Waals surface area contributed by atoms with E-state index < -0.39 is 12.1 Å². The Morgan fingerprint density at radius 3 is 3.11 bits per heavy atom. The van der Waals surface area contributed by atoms with Crippen molar-refractivity contribution < 1.29 is 19.2 Å². The number of aliphatic hydroxyl groups is 1. The maximum atomic E-state index is 11.6. The molecule has 0 saturated carbocycles. The summed E-state index contributed by atoms with van der Waals surface area (Å²) < 4.78 is 9.88. The lowest BCUT2D eigenvalue weighted by Gasteiger charge is -2.19. The van der Waals surface area contributed by atoms with Gasteiger partial charge in [-0.05, 0) is 6.42 Å². The molecule has 2 heterocycles. The maximum Gasteiger partial charge on any atom is 0.323 e. The Morgan fingerprint density at radius 1 is 1.63 bits per heavy atom. The second-order valence-corrected chi connectivity index (χ2v) is 4.71. The fourth-order valence-corrected chi connectivity index (χ4v) is 2.29. The molecule has 1 fully saturated rings. The van der Waals surface area contributed by atoms with Gasteiger partial charge in [-0.2, -0.15) is 4.98 Å². The highest BCUT2D eigenvalue weighted by Crippen LogP contribution is 2.21. The first-order valence-electron chi connectivity index (χ1n) is 6.45. The number of aromatic nitrogens is 2. The third-order valence-corrected chi connectivity index (χ3v) is 3.18. The third kappa shape index (κ3) is 3.30. The summed E-state index contributed by atoms with van der Waals surface area (Å²) in [5.74, 6) is 0.795.